The fraction of sp³-hybridized carbons (Fsp3) is 0.462. The van der Waals surface area contributed by atoms with Gasteiger partial charge in [-0.05, 0) is 30.9 Å². The number of halogens is 3. The molecule has 0 saturated carbocycles. The Morgan fingerprint density at radius 1 is 1.33 bits per heavy atom. The minimum absolute atomic E-state index is 0.00759. The Morgan fingerprint density at radius 2 is 2.00 bits per heavy atom. The molecule has 1 fully saturated rings. The predicted molar refractivity (Wildman–Crippen MR) is 83.8 cm³/mol. The number of carbonyl (C=O) groups is 1. The Morgan fingerprint density at radius 3 is 2.57 bits per heavy atom. The molecule has 1 saturated heterocycles. The van der Waals surface area contributed by atoms with Crippen LogP contribution in [0.15, 0.2) is 17.0 Å². The van der Waals surface area contributed by atoms with E-state index < -0.39 is 9.05 Å². The fourth-order valence-electron chi connectivity index (χ4n) is 2.42. The SMILES string of the molecule is CC1CCCN(C(=O)c2cc(Cl)c(Cl)c(S(=O)(=O)Cl)c2)C1. The number of hydrogen-bond acceptors (Lipinski definition) is 3. The van der Waals surface area contributed by atoms with Gasteiger partial charge in [0.1, 0.15) is 4.90 Å². The number of carbonyl (C=O) groups excluding carboxylic acids is 1. The Kier molecular flexibility index (Phi) is 5.08. The highest BCUT2D eigenvalue weighted by molar-refractivity contribution is 8.13. The van der Waals surface area contributed by atoms with Gasteiger partial charge in [0.2, 0.25) is 0 Å². The molecule has 1 atom stereocenters. The largest absolute Gasteiger partial charge is 0.338 e. The van der Waals surface area contributed by atoms with Crippen molar-refractivity contribution in [1.82, 2.24) is 4.90 Å². The van der Waals surface area contributed by atoms with Gasteiger partial charge in [0, 0.05) is 29.3 Å². The summed E-state index contributed by atoms with van der Waals surface area (Å²) in [5.74, 6) is 0.156. The topological polar surface area (TPSA) is 54.5 Å². The lowest BCUT2D eigenvalue weighted by atomic mass is 9.99. The number of hydrogen-bond donors (Lipinski definition) is 0. The maximum Gasteiger partial charge on any atom is 0.262 e. The molecule has 1 aromatic carbocycles. The first-order valence-electron chi connectivity index (χ1n) is 6.43. The van der Waals surface area contributed by atoms with Gasteiger partial charge in [-0.25, -0.2) is 8.42 Å². The first-order chi connectivity index (χ1) is 9.70. The third kappa shape index (κ3) is 3.83. The molecule has 0 aliphatic carbocycles. The maximum absolute atomic E-state index is 12.5. The summed E-state index contributed by atoms with van der Waals surface area (Å²) >= 11 is 11.8. The van der Waals surface area contributed by atoms with Crippen molar-refractivity contribution in [1.29, 1.82) is 0 Å². The van der Waals surface area contributed by atoms with Crippen LogP contribution >= 0.6 is 33.9 Å². The van der Waals surface area contributed by atoms with Gasteiger partial charge in [0.25, 0.3) is 15.0 Å². The van der Waals surface area contributed by atoms with Crippen molar-refractivity contribution in [2.75, 3.05) is 13.1 Å². The second-order valence-corrected chi connectivity index (χ2v) is 8.53. The molecular weight excluding hydrogens is 357 g/mol. The summed E-state index contributed by atoms with van der Waals surface area (Å²) < 4.78 is 23.0. The molecule has 1 aliphatic rings. The van der Waals surface area contributed by atoms with Gasteiger partial charge in [-0.15, -0.1) is 0 Å². The van der Waals surface area contributed by atoms with Crippen LogP contribution in [0.2, 0.25) is 10.0 Å². The van der Waals surface area contributed by atoms with Gasteiger partial charge in [0.05, 0.1) is 10.0 Å². The van der Waals surface area contributed by atoms with Crippen molar-refractivity contribution in [3.05, 3.63) is 27.7 Å². The summed E-state index contributed by atoms with van der Waals surface area (Å²) in [6.45, 7) is 3.36. The van der Waals surface area contributed by atoms with Crippen molar-refractivity contribution in [2.45, 2.75) is 24.7 Å². The van der Waals surface area contributed by atoms with E-state index >= 15 is 0 Å². The zero-order valence-corrected chi connectivity index (χ0v) is 14.4. The summed E-state index contributed by atoms with van der Waals surface area (Å²) in [7, 11) is 1.26. The van der Waals surface area contributed by atoms with Crippen LogP contribution in [0, 0.1) is 5.92 Å². The lowest BCUT2D eigenvalue weighted by Gasteiger charge is -2.31. The second kappa shape index (κ2) is 6.32. The lowest BCUT2D eigenvalue weighted by molar-refractivity contribution is 0.0683. The van der Waals surface area contributed by atoms with Gasteiger partial charge < -0.3 is 4.90 Å². The minimum atomic E-state index is -4.07. The average Bonchev–Trinajstić information content (AvgIpc) is 2.39. The van der Waals surface area contributed by atoms with E-state index in [1.165, 1.54) is 12.1 Å². The highest BCUT2D eigenvalue weighted by Gasteiger charge is 2.25. The Balaban J connectivity index is 2.40. The van der Waals surface area contributed by atoms with Crippen LogP contribution in [0.1, 0.15) is 30.1 Å². The van der Waals surface area contributed by atoms with E-state index in [4.69, 9.17) is 33.9 Å². The van der Waals surface area contributed by atoms with E-state index in [9.17, 15) is 13.2 Å². The van der Waals surface area contributed by atoms with E-state index in [0.29, 0.717) is 19.0 Å². The number of piperidine rings is 1. The third-order valence-electron chi connectivity index (χ3n) is 3.45. The van der Waals surface area contributed by atoms with E-state index in [0.717, 1.165) is 12.8 Å². The highest BCUT2D eigenvalue weighted by Crippen LogP contribution is 2.33. The molecule has 21 heavy (non-hydrogen) atoms. The van der Waals surface area contributed by atoms with Gasteiger partial charge in [-0.3, -0.25) is 4.79 Å². The lowest BCUT2D eigenvalue weighted by Crippen LogP contribution is -2.39. The summed E-state index contributed by atoms with van der Waals surface area (Å²) in [5, 5.41) is -0.179. The van der Waals surface area contributed by atoms with E-state index in [-0.39, 0.29) is 26.4 Å². The predicted octanol–water partition coefficient (Wildman–Crippen LogP) is 3.79. The van der Waals surface area contributed by atoms with E-state index in [2.05, 4.69) is 6.92 Å². The monoisotopic (exact) mass is 369 g/mol. The number of benzene rings is 1. The smallest absolute Gasteiger partial charge is 0.262 e. The molecule has 1 aliphatic heterocycles. The molecule has 0 spiro atoms. The average molecular weight is 371 g/mol. The van der Waals surface area contributed by atoms with Crippen LogP contribution in [0.25, 0.3) is 0 Å². The van der Waals surface area contributed by atoms with Crippen LogP contribution in [-0.2, 0) is 9.05 Å². The molecule has 1 amide bonds. The van der Waals surface area contributed by atoms with Crippen LogP contribution in [0.4, 0.5) is 0 Å². The van der Waals surface area contributed by atoms with Gasteiger partial charge in [-0.1, -0.05) is 30.1 Å². The van der Waals surface area contributed by atoms with Crippen LogP contribution < -0.4 is 0 Å². The number of nitrogens with zero attached hydrogens (tertiary/aromatic N) is 1. The summed E-state index contributed by atoms with van der Waals surface area (Å²) in [5.41, 5.74) is 0.178. The summed E-state index contributed by atoms with van der Waals surface area (Å²) in [4.78, 5) is 13.8. The highest BCUT2D eigenvalue weighted by atomic mass is 35.7. The number of likely N-dealkylation sites (tertiary alicyclic amines) is 1. The van der Waals surface area contributed by atoms with Gasteiger partial charge in [0.15, 0.2) is 0 Å². The van der Waals surface area contributed by atoms with Crippen LogP contribution in [0.3, 0.4) is 0 Å². The molecule has 0 N–H and O–H groups in total. The molecular formula is C13H14Cl3NO3S. The number of amides is 1. The zero-order valence-electron chi connectivity index (χ0n) is 11.3. The Labute approximate surface area is 138 Å². The molecule has 1 aromatic rings. The first kappa shape index (κ1) is 16.9. The maximum atomic E-state index is 12.5. The standard InChI is InChI=1S/C13H14Cl3NO3S/c1-8-3-2-4-17(7-8)13(18)9-5-10(14)12(15)11(6-9)21(16,19)20/h5-6,8H,2-4,7H2,1H3. The third-order valence-corrected chi connectivity index (χ3v) is 5.71. The molecule has 2 rings (SSSR count). The fourth-order valence-corrected chi connectivity index (χ4v) is 4.19. The second-order valence-electron chi connectivity index (χ2n) is 5.21. The van der Waals surface area contributed by atoms with Gasteiger partial charge >= 0.3 is 0 Å². The molecule has 0 bridgehead atoms. The molecule has 4 nitrogen and oxygen atoms in total. The number of rotatable bonds is 2. The zero-order chi connectivity index (χ0) is 15.8. The van der Waals surface area contributed by atoms with Gasteiger partial charge in [-0.2, -0.15) is 0 Å². The quantitative estimate of drug-likeness (QED) is 0.744. The first-order valence-corrected chi connectivity index (χ1v) is 9.49. The molecule has 0 aromatic heterocycles. The summed E-state index contributed by atoms with van der Waals surface area (Å²) in [6, 6.07) is 2.55. The van der Waals surface area contributed by atoms with Crippen molar-refractivity contribution in [2.24, 2.45) is 5.92 Å². The van der Waals surface area contributed by atoms with Crippen molar-refractivity contribution < 1.29 is 13.2 Å². The van der Waals surface area contributed by atoms with E-state index in [1.807, 2.05) is 0 Å². The van der Waals surface area contributed by atoms with Crippen LogP contribution in [0.5, 0.6) is 0 Å². The van der Waals surface area contributed by atoms with Crippen LogP contribution in [-0.4, -0.2) is 32.3 Å². The molecule has 1 unspecified atom stereocenters. The Hall–Kier alpha value is -0.490. The van der Waals surface area contributed by atoms with Crippen molar-refractivity contribution in [3.63, 3.8) is 0 Å². The minimum Gasteiger partial charge on any atom is -0.338 e. The molecule has 1 heterocycles. The molecule has 0 radical (unpaired) electrons. The summed E-state index contributed by atoms with van der Waals surface area (Å²) in [6.07, 6.45) is 2.00. The normalized spacial score (nSPS) is 19.6. The van der Waals surface area contributed by atoms with Crippen molar-refractivity contribution >= 4 is 48.8 Å². The molecule has 116 valence electrons. The molecule has 8 heteroatoms. The van der Waals surface area contributed by atoms with Crippen molar-refractivity contribution in [3.8, 4) is 0 Å². The Bertz CT molecular complexity index is 675. The van der Waals surface area contributed by atoms with E-state index in [1.54, 1.807) is 4.90 Å².